The number of aliphatic carboxylic acids is 1. The van der Waals surface area contributed by atoms with E-state index >= 15 is 0 Å². The Morgan fingerprint density at radius 2 is 1.94 bits per heavy atom. The summed E-state index contributed by atoms with van der Waals surface area (Å²) in [6.07, 6.45) is 0.600. The van der Waals surface area contributed by atoms with E-state index in [0.717, 1.165) is 11.4 Å². The molecule has 0 amide bonds. The summed E-state index contributed by atoms with van der Waals surface area (Å²) >= 11 is 0. The van der Waals surface area contributed by atoms with Crippen LogP contribution in [0.5, 0.6) is 5.75 Å². The predicted molar refractivity (Wildman–Crippen MR) is 72.3 cm³/mol. The van der Waals surface area contributed by atoms with Gasteiger partial charge in [-0.25, -0.2) is 0 Å². The van der Waals surface area contributed by atoms with Crippen LogP contribution in [-0.2, 0) is 4.79 Å². The first-order valence-electron chi connectivity index (χ1n) is 6.01. The highest BCUT2D eigenvalue weighted by molar-refractivity contribution is 5.75. The van der Waals surface area contributed by atoms with Crippen molar-refractivity contribution in [3.05, 3.63) is 24.3 Å². The van der Waals surface area contributed by atoms with Gasteiger partial charge in [0.1, 0.15) is 5.75 Å². The molecule has 0 aromatic heterocycles. The molecule has 0 saturated heterocycles. The van der Waals surface area contributed by atoms with Gasteiger partial charge >= 0.3 is 5.97 Å². The third kappa shape index (κ3) is 3.15. The Labute approximate surface area is 108 Å². The van der Waals surface area contributed by atoms with Crippen LogP contribution in [0.1, 0.15) is 20.3 Å². The average molecular weight is 251 g/mol. The van der Waals surface area contributed by atoms with Crippen molar-refractivity contribution in [3.63, 3.8) is 0 Å². The number of carboxylic acid groups (broad SMARTS) is 1. The first-order valence-corrected chi connectivity index (χ1v) is 6.01. The zero-order chi connectivity index (χ0) is 13.8. The van der Waals surface area contributed by atoms with Crippen molar-refractivity contribution in [1.29, 1.82) is 0 Å². The van der Waals surface area contributed by atoms with E-state index in [4.69, 9.17) is 4.74 Å². The minimum Gasteiger partial charge on any atom is -0.497 e. The highest BCUT2D eigenvalue weighted by Gasteiger charge is 2.32. The summed E-state index contributed by atoms with van der Waals surface area (Å²) in [6, 6.07) is 7.60. The fourth-order valence-electron chi connectivity index (χ4n) is 1.78. The van der Waals surface area contributed by atoms with Crippen LogP contribution in [0.4, 0.5) is 5.69 Å². The number of carbonyl (C=O) groups is 1. The van der Waals surface area contributed by atoms with Crippen LogP contribution in [-0.4, -0.2) is 31.8 Å². The molecule has 0 aliphatic carbocycles. The second-order valence-electron chi connectivity index (χ2n) is 4.77. The molecule has 0 aliphatic heterocycles. The van der Waals surface area contributed by atoms with Gasteiger partial charge in [0.25, 0.3) is 0 Å². The maximum absolute atomic E-state index is 11.3. The van der Waals surface area contributed by atoms with E-state index in [9.17, 15) is 9.90 Å². The van der Waals surface area contributed by atoms with E-state index in [2.05, 4.69) is 0 Å². The van der Waals surface area contributed by atoms with Gasteiger partial charge in [0, 0.05) is 19.3 Å². The number of carboxylic acids is 1. The van der Waals surface area contributed by atoms with Gasteiger partial charge in [-0.3, -0.25) is 4.79 Å². The normalized spacial score (nSPS) is 13.8. The molecule has 0 radical (unpaired) electrons. The fraction of sp³-hybridized carbons (Fsp3) is 0.500. The van der Waals surface area contributed by atoms with Crippen LogP contribution < -0.4 is 9.64 Å². The van der Waals surface area contributed by atoms with Crippen molar-refractivity contribution in [1.82, 2.24) is 0 Å². The van der Waals surface area contributed by atoms with E-state index in [1.165, 1.54) is 0 Å². The number of anilines is 1. The Hall–Kier alpha value is -1.71. The lowest BCUT2D eigenvalue weighted by Crippen LogP contribution is -2.39. The monoisotopic (exact) mass is 251 g/mol. The van der Waals surface area contributed by atoms with Crippen LogP contribution in [0.15, 0.2) is 24.3 Å². The molecule has 1 rings (SSSR count). The Morgan fingerprint density at radius 1 is 1.39 bits per heavy atom. The lowest BCUT2D eigenvalue weighted by molar-refractivity contribution is -0.147. The summed E-state index contributed by atoms with van der Waals surface area (Å²) in [7, 11) is 3.52. The number of hydrogen-bond acceptors (Lipinski definition) is 3. The molecule has 0 bridgehead atoms. The van der Waals surface area contributed by atoms with E-state index in [1.807, 2.05) is 43.1 Å². The molecule has 0 saturated carbocycles. The van der Waals surface area contributed by atoms with Crippen LogP contribution in [0.3, 0.4) is 0 Å². The zero-order valence-electron chi connectivity index (χ0n) is 11.4. The van der Waals surface area contributed by atoms with Gasteiger partial charge in [0.05, 0.1) is 12.5 Å². The third-order valence-corrected chi connectivity index (χ3v) is 3.40. The molecule has 0 aliphatic rings. The van der Waals surface area contributed by atoms with Gasteiger partial charge in [-0.1, -0.05) is 6.92 Å². The van der Waals surface area contributed by atoms with Crippen molar-refractivity contribution in [2.24, 2.45) is 5.41 Å². The molecule has 1 aromatic carbocycles. The summed E-state index contributed by atoms with van der Waals surface area (Å²) in [5.74, 6) is 0.0361. The van der Waals surface area contributed by atoms with Crippen LogP contribution in [0.25, 0.3) is 0 Å². The van der Waals surface area contributed by atoms with Gasteiger partial charge in [0.2, 0.25) is 0 Å². The summed E-state index contributed by atoms with van der Waals surface area (Å²) in [5, 5.41) is 9.26. The van der Waals surface area contributed by atoms with Crippen LogP contribution in [0, 0.1) is 5.41 Å². The molecular weight excluding hydrogens is 230 g/mol. The minimum atomic E-state index is -0.759. The Morgan fingerprint density at radius 3 is 2.33 bits per heavy atom. The third-order valence-electron chi connectivity index (χ3n) is 3.40. The summed E-state index contributed by atoms with van der Waals surface area (Å²) in [6.45, 7) is 4.15. The van der Waals surface area contributed by atoms with Gasteiger partial charge < -0.3 is 14.7 Å². The number of rotatable bonds is 6. The lowest BCUT2D eigenvalue weighted by Gasteiger charge is -2.30. The summed E-state index contributed by atoms with van der Waals surface area (Å²) in [5.41, 5.74) is 0.256. The van der Waals surface area contributed by atoms with Gasteiger partial charge in [-0.15, -0.1) is 0 Å². The molecule has 1 aromatic rings. The molecule has 1 unspecified atom stereocenters. The van der Waals surface area contributed by atoms with Crippen LogP contribution in [0.2, 0.25) is 0 Å². The molecule has 4 heteroatoms. The maximum atomic E-state index is 11.3. The van der Waals surface area contributed by atoms with E-state index in [0.29, 0.717) is 13.0 Å². The van der Waals surface area contributed by atoms with Crippen molar-refractivity contribution in [2.75, 3.05) is 25.6 Å². The number of methoxy groups -OCH3 is 1. The van der Waals surface area contributed by atoms with Crippen molar-refractivity contribution in [3.8, 4) is 5.75 Å². The lowest BCUT2D eigenvalue weighted by atomic mass is 9.87. The molecule has 4 nitrogen and oxygen atoms in total. The molecule has 0 fully saturated rings. The average Bonchev–Trinajstić information content (AvgIpc) is 2.38. The topological polar surface area (TPSA) is 49.8 Å². The van der Waals surface area contributed by atoms with Crippen molar-refractivity contribution >= 4 is 11.7 Å². The highest BCUT2D eigenvalue weighted by Crippen LogP contribution is 2.26. The standard InChI is InChI=1S/C14H21NO3/c1-5-14(2,13(16)17)10-15(3)11-6-8-12(18-4)9-7-11/h6-9H,5,10H2,1-4H3,(H,16,17). The number of hydrogen-bond donors (Lipinski definition) is 1. The molecule has 1 atom stereocenters. The highest BCUT2D eigenvalue weighted by atomic mass is 16.5. The van der Waals surface area contributed by atoms with Crippen molar-refractivity contribution in [2.45, 2.75) is 20.3 Å². The van der Waals surface area contributed by atoms with E-state index in [1.54, 1.807) is 14.0 Å². The predicted octanol–water partition coefficient (Wildman–Crippen LogP) is 2.63. The van der Waals surface area contributed by atoms with Crippen LogP contribution >= 0.6 is 0 Å². The maximum Gasteiger partial charge on any atom is 0.311 e. The largest absolute Gasteiger partial charge is 0.497 e. The Balaban J connectivity index is 2.80. The Kier molecular flexibility index (Phi) is 4.59. The number of benzene rings is 1. The summed E-state index contributed by atoms with van der Waals surface area (Å²) < 4.78 is 5.10. The van der Waals surface area contributed by atoms with Gasteiger partial charge in [-0.2, -0.15) is 0 Å². The van der Waals surface area contributed by atoms with Gasteiger partial charge in [0.15, 0.2) is 0 Å². The number of ether oxygens (including phenoxy) is 1. The van der Waals surface area contributed by atoms with E-state index in [-0.39, 0.29) is 0 Å². The zero-order valence-corrected chi connectivity index (χ0v) is 11.4. The van der Waals surface area contributed by atoms with Crippen molar-refractivity contribution < 1.29 is 14.6 Å². The second-order valence-corrected chi connectivity index (χ2v) is 4.77. The molecule has 0 heterocycles. The van der Waals surface area contributed by atoms with Gasteiger partial charge in [-0.05, 0) is 37.6 Å². The SMILES string of the molecule is CCC(C)(CN(C)c1ccc(OC)cc1)C(=O)O. The summed E-state index contributed by atoms with van der Waals surface area (Å²) in [4.78, 5) is 13.2. The molecule has 1 N–H and O–H groups in total. The molecule has 0 spiro atoms. The first kappa shape index (κ1) is 14.4. The molecule has 100 valence electrons. The minimum absolute atomic E-state index is 0.477. The van der Waals surface area contributed by atoms with E-state index < -0.39 is 11.4 Å². The Bertz CT molecular complexity index is 402. The number of nitrogens with zero attached hydrogens (tertiary/aromatic N) is 1. The quantitative estimate of drug-likeness (QED) is 0.844. The molecular formula is C14H21NO3. The fourth-order valence-corrected chi connectivity index (χ4v) is 1.78. The first-order chi connectivity index (χ1) is 8.42. The molecule has 18 heavy (non-hydrogen) atoms. The second kappa shape index (κ2) is 5.76. The smallest absolute Gasteiger partial charge is 0.311 e.